The van der Waals surface area contributed by atoms with Gasteiger partial charge in [0, 0.05) is 11.6 Å². The van der Waals surface area contributed by atoms with Crippen LogP contribution in [0.1, 0.15) is 12.0 Å². The van der Waals surface area contributed by atoms with E-state index in [0.717, 1.165) is 11.1 Å². The van der Waals surface area contributed by atoms with Gasteiger partial charge in [0.1, 0.15) is 11.6 Å². The normalized spacial score (nSPS) is 12.0. The summed E-state index contributed by atoms with van der Waals surface area (Å²) in [5.74, 6) is -0.645. The highest BCUT2D eigenvalue weighted by atomic mass is 19.1. The van der Waals surface area contributed by atoms with Crippen molar-refractivity contribution in [3.05, 3.63) is 53.8 Å². The molecule has 22 heavy (non-hydrogen) atoms. The van der Waals surface area contributed by atoms with Crippen LogP contribution < -0.4 is 10.5 Å². The number of hydrogen-bond acceptors (Lipinski definition) is 3. The van der Waals surface area contributed by atoms with E-state index < -0.39 is 12.0 Å². The van der Waals surface area contributed by atoms with Crippen molar-refractivity contribution in [3.8, 4) is 16.9 Å². The first-order valence-corrected chi connectivity index (χ1v) is 6.90. The Balaban J connectivity index is 2.18. The zero-order chi connectivity index (χ0) is 16.1. The van der Waals surface area contributed by atoms with Crippen molar-refractivity contribution in [2.45, 2.75) is 18.9 Å². The number of carboxylic acids is 1. The maximum Gasteiger partial charge on any atom is 0.304 e. The number of halogens is 1. The summed E-state index contributed by atoms with van der Waals surface area (Å²) in [5, 5.41) is 8.71. The molecule has 2 aromatic rings. The average Bonchev–Trinajstić information content (AvgIpc) is 2.47. The Kier molecular flexibility index (Phi) is 5.12. The van der Waals surface area contributed by atoms with Gasteiger partial charge in [-0.25, -0.2) is 4.39 Å². The van der Waals surface area contributed by atoms with Crippen LogP contribution in [0.4, 0.5) is 4.39 Å². The number of benzene rings is 2. The van der Waals surface area contributed by atoms with Crippen LogP contribution in [0, 0.1) is 5.82 Å². The van der Waals surface area contributed by atoms with Gasteiger partial charge in [-0.05, 0) is 35.7 Å². The van der Waals surface area contributed by atoms with E-state index in [9.17, 15) is 9.18 Å². The lowest BCUT2D eigenvalue weighted by Crippen LogP contribution is -2.26. The van der Waals surface area contributed by atoms with E-state index in [-0.39, 0.29) is 12.2 Å². The third-order valence-electron chi connectivity index (χ3n) is 3.36. The molecule has 1 atom stereocenters. The van der Waals surface area contributed by atoms with Crippen LogP contribution in [-0.2, 0) is 11.2 Å². The molecule has 5 heteroatoms. The van der Waals surface area contributed by atoms with Crippen LogP contribution in [0.25, 0.3) is 11.1 Å². The molecule has 0 aliphatic rings. The number of hydrogen-bond donors (Lipinski definition) is 2. The van der Waals surface area contributed by atoms with E-state index >= 15 is 0 Å². The summed E-state index contributed by atoms with van der Waals surface area (Å²) in [6.07, 6.45) is 0.409. The Labute approximate surface area is 128 Å². The van der Waals surface area contributed by atoms with Crippen molar-refractivity contribution in [1.29, 1.82) is 0 Å². The Morgan fingerprint density at radius 3 is 2.55 bits per heavy atom. The number of nitrogens with two attached hydrogens (primary N) is 1. The maximum atomic E-state index is 13.4. The van der Waals surface area contributed by atoms with Gasteiger partial charge in [0.25, 0.3) is 0 Å². The molecule has 3 N–H and O–H groups in total. The first kappa shape index (κ1) is 16.0. The molecule has 0 saturated carbocycles. The van der Waals surface area contributed by atoms with E-state index in [1.165, 1.54) is 19.2 Å². The van der Waals surface area contributed by atoms with Gasteiger partial charge >= 0.3 is 5.97 Å². The minimum absolute atomic E-state index is 0.0700. The summed E-state index contributed by atoms with van der Waals surface area (Å²) in [6.45, 7) is 0. The number of aliphatic carboxylic acids is 1. The van der Waals surface area contributed by atoms with Gasteiger partial charge in [-0.3, -0.25) is 4.79 Å². The lowest BCUT2D eigenvalue weighted by atomic mass is 9.99. The van der Waals surface area contributed by atoms with Gasteiger partial charge in [-0.2, -0.15) is 0 Å². The van der Waals surface area contributed by atoms with Gasteiger partial charge in [0.15, 0.2) is 0 Å². The molecular weight excluding hydrogens is 285 g/mol. The predicted octanol–water partition coefficient (Wildman–Crippen LogP) is 2.85. The monoisotopic (exact) mass is 303 g/mol. The molecule has 2 rings (SSSR count). The molecule has 0 heterocycles. The molecular formula is C17H18FNO3. The molecule has 0 aliphatic carbocycles. The van der Waals surface area contributed by atoms with Gasteiger partial charge in [0.05, 0.1) is 13.5 Å². The molecule has 0 saturated heterocycles. The third kappa shape index (κ3) is 4.05. The van der Waals surface area contributed by atoms with Crippen LogP contribution >= 0.6 is 0 Å². The van der Waals surface area contributed by atoms with Gasteiger partial charge in [-0.15, -0.1) is 0 Å². The lowest BCUT2D eigenvalue weighted by Gasteiger charge is -2.11. The second kappa shape index (κ2) is 7.04. The SMILES string of the molecule is COc1ccc(F)cc1-c1ccc(CC(N)CC(=O)O)cc1. The topological polar surface area (TPSA) is 72.5 Å². The van der Waals surface area contributed by atoms with Crippen LogP contribution in [0.3, 0.4) is 0 Å². The second-order valence-electron chi connectivity index (χ2n) is 5.10. The van der Waals surface area contributed by atoms with Gasteiger partial charge in [0.2, 0.25) is 0 Å². The van der Waals surface area contributed by atoms with E-state index in [1.54, 1.807) is 6.07 Å². The fourth-order valence-electron chi connectivity index (χ4n) is 2.33. The van der Waals surface area contributed by atoms with Crippen molar-refractivity contribution in [1.82, 2.24) is 0 Å². The van der Waals surface area contributed by atoms with Crippen molar-refractivity contribution < 1.29 is 19.0 Å². The maximum absolute atomic E-state index is 13.4. The van der Waals surface area contributed by atoms with Gasteiger partial charge < -0.3 is 15.6 Å². The minimum Gasteiger partial charge on any atom is -0.496 e. The fourth-order valence-corrected chi connectivity index (χ4v) is 2.33. The summed E-state index contributed by atoms with van der Waals surface area (Å²) in [5.41, 5.74) is 8.20. The zero-order valence-electron chi connectivity index (χ0n) is 12.3. The Morgan fingerprint density at radius 2 is 1.95 bits per heavy atom. The Hall–Kier alpha value is -2.40. The largest absolute Gasteiger partial charge is 0.496 e. The van der Waals surface area contributed by atoms with E-state index in [1.807, 2.05) is 24.3 Å². The fraction of sp³-hybridized carbons (Fsp3) is 0.235. The molecule has 0 amide bonds. The van der Waals surface area contributed by atoms with Crippen LogP contribution in [0.15, 0.2) is 42.5 Å². The molecule has 0 spiro atoms. The number of methoxy groups -OCH3 is 1. The van der Waals surface area contributed by atoms with E-state index in [0.29, 0.717) is 17.7 Å². The second-order valence-corrected chi connectivity index (χ2v) is 5.10. The Morgan fingerprint density at radius 1 is 1.27 bits per heavy atom. The number of ether oxygens (including phenoxy) is 1. The zero-order valence-corrected chi connectivity index (χ0v) is 12.3. The van der Waals surface area contributed by atoms with Crippen LogP contribution in [0.2, 0.25) is 0 Å². The quantitative estimate of drug-likeness (QED) is 0.860. The standard InChI is InChI=1S/C17H18FNO3/c1-22-16-7-6-13(18)9-15(16)12-4-2-11(3-5-12)8-14(19)10-17(20)21/h2-7,9,14H,8,10,19H2,1H3,(H,20,21). The smallest absolute Gasteiger partial charge is 0.304 e. The van der Waals surface area contributed by atoms with Crippen LogP contribution in [-0.4, -0.2) is 24.2 Å². The summed E-state index contributed by atoms with van der Waals surface area (Å²) in [4.78, 5) is 10.6. The van der Waals surface area contributed by atoms with E-state index in [4.69, 9.17) is 15.6 Å². The van der Waals surface area contributed by atoms with Crippen molar-refractivity contribution in [3.63, 3.8) is 0 Å². The highest BCUT2D eigenvalue weighted by Crippen LogP contribution is 2.30. The summed E-state index contributed by atoms with van der Waals surface area (Å²) >= 11 is 0. The summed E-state index contributed by atoms with van der Waals surface area (Å²) < 4.78 is 18.7. The molecule has 1 unspecified atom stereocenters. The highest BCUT2D eigenvalue weighted by molar-refractivity contribution is 5.70. The highest BCUT2D eigenvalue weighted by Gasteiger charge is 2.10. The molecule has 2 aromatic carbocycles. The molecule has 0 radical (unpaired) electrons. The van der Waals surface area contributed by atoms with Gasteiger partial charge in [-0.1, -0.05) is 24.3 Å². The molecule has 4 nitrogen and oxygen atoms in total. The summed E-state index contributed by atoms with van der Waals surface area (Å²) in [7, 11) is 1.54. The van der Waals surface area contributed by atoms with E-state index in [2.05, 4.69) is 0 Å². The first-order chi connectivity index (χ1) is 10.5. The minimum atomic E-state index is -0.909. The summed E-state index contributed by atoms with van der Waals surface area (Å²) in [6, 6.07) is 11.3. The number of carboxylic acid groups (broad SMARTS) is 1. The molecule has 116 valence electrons. The molecule has 0 aliphatic heterocycles. The first-order valence-electron chi connectivity index (χ1n) is 6.90. The molecule has 0 fully saturated rings. The van der Waals surface area contributed by atoms with Crippen LogP contribution in [0.5, 0.6) is 5.75 Å². The number of carbonyl (C=O) groups is 1. The molecule has 0 aromatic heterocycles. The average molecular weight is 303 g/mol. The Bertz CT molecular complexity index is 655. The predicted molar refractivity (Wildman–Crippen MR) is 82.3 cm³/mol. The number of rotatable bonds is 6. The molecule has 0 bridgehead atoms. The van der Waals surface area contributed by atoms with Crippen molar-refractivity contribution in [2.75, 3.05) is 7.11 Å². The lowest BCUT2D eigenvalue weighted by molar-refractivity contribution is -0.137. The van der Waals surface area contributed by atoms with Crippen molar-refractivity contribution >= 4 is 5.97 Å². The third-order valence-corrected chi connectivity index (χ3v) is 3.36. The van der Waals surface area contributed by atoms with Crippen molar-refractivity contribution in [2.24, 2.45) is 5.73 Å².